The lowest BCUT2D eigenvalue weighted by atomic mass is 10.1. The van der Waals surface area contributed by atoms with Crippen LogP contribution in [0.5, 0.6) is 0 Å². The Morgan fingerprint density at radius 2 is 2.04 bits per heavy atom. The number of rotatable bonds is 7. The number of hydrogen-bond acceptors (Lipinski definition) is 6. The lowest BCUT2D eigenvalue weighted by Crippen LogP contribution is -2.25. The molecule has 8 nitrogen and oxygen atoms in total. The van der Waals surface area contributed by atoms with E-state index in [2.05, 4.69) is 15.4 Å². The third kappa shape index (κ3) is 4.25. The molecule has 0 saturated heterocycles. The van der Waals surface area contributed by atoms with E-state index in [9.17, 15) is 14.9 Å². The van der Waals surface area contributed by atoms with Crippen molar-refractivity contribution in [3.05, 3.63) is 76.9 Å². The standard InChI is InChI=1S/C17H15N5O3S/c23-17(19-8-9-26-14-4-2-1-3-5-14)13-6-7-15(16(10-13)22(24)25)21-12-18-11-20-21/h1-7,10-12H,8-9H2,(H,19,23). The molecule has 1 heterocycles. The first-order valence-electron chi connectivity index (χ1n) is 7.74. The number of carbonyl (C=O) groups excluding carboxylic acids is 1. The fraction of sp³-hybridized carbons (Fsp3) is 0.118. The van der Waals surface area contributed by atoms with Gasteiger partial charge in [-0.15, -0.1) is 11.8 Å². The van der Waals surface area contributed by atoms with Gasteiger partial charge in [-0.1, -0.05) is 18.2 Å². The SMILES string of the molecule is O=C(NCCSc1ccccc1)c1ccc(-n2cncn2)c([N+](=O)[O-])c1. The molecule has 26 heavy (non-hydrogen) atoms. The van der Waals surface area contributed by atoms with Crippen molar-refractivity contribution >= 4 is 23.4 Å². The predicted molar refractivity (Wildman–Crippen MR) is 97.5 cm³/mol. The zero-order valence-corrected chi connectivity index (χ0v) is 14.4. The molecule has 0 aliphatic heterocycles. The van der Waals surface area contributed by atoms with Crippen molar-refractivity contribution in [2.75, 3.05) is 12.3 Å². The van der Waals surface area contributed by atoms with Gasteiger partial charge in [0.1, 0.15) is 18.3 Å². The molecule has 0 spiro atoms. The van der Waals surface area contributed by atoms with Crippen LogP contribution in [0.2, 0.25) is 0 Å². The largest absolute Gasteiger partial charge is 0.351 e. The van der Waals surface area contributed by atoms with E-state index in [0.29, 0.717) is 12.3 Å². The van der Waals surface area contributed by atoms with E-state index >= 15 is 0 Å². The Bertz CT molecular complexity index is 900. The molecule has 2 aromatic carbocycles. The molecule has 1 N–H and O–H groups in total. The molecule has 0 aliphatic carbocycles. The number of nitrogens with one attached hydrogen (secondary N) is 1. The van der Waals surface area contributed by atoms with Gasteiger partial charge < -0.3 is 5.32 Å². The van der Waals surface area contributed by atoms with E-state index in [1.54, 1.807) is 11.8 Å². The highest BCUT2D eigenvalue weighted by atomic mass is 32.2. The van der Waals surface area contributed by atoms with E-state index in [4.69, 9.17) is 0 Å². The third-order valence-electron chi connectivity index (χ3n) is 3.50. The molecule has 9 heteroatoms. The van der Waals surface area contributed by atoms with Crippen LogP contribution >= 0.6 is 11.8 Å². The summed E-state index contributed by atoms with van der Waals surface area (Å²) in [6, 6.07) is 14.1. The first kappa shape index (κ1) is 17.6. The van der Waals surface area contributed by atoms with Crippen molar-refractivity contribution in [1.29, 1.82) is 0 Å². The normalized spacial score (nSPS) is 10.5. The van der Waals surface area contributed by atoms with Crippen molar-refractivity contribution in [2.45, 2.75) is 4.90 Å². The third-order valence-corrected chi connectivity index (χ3v) is 4.51. The number of thioether (sulfide) groups is 1. The number of amides is 1. The van der Waals surface area contributed by atoms with Crippen molar-refractivity contribution in [3.63, 3.8) is 0 Å². The van der Waals surface area contributed by atoms with Crippen LogP contribution in [0, 0.1) is 10.1 Å². The van der Waals surface area contributed by atoms with Gasteiger partial charge in [-0.2, -0.15) is 5.10 Å². The molecule has 0 fully saturated rings. The topological polar surface area (TPSA) is 103 Å². The van der Waals surface area contributed by atoms with Gasteiger partial charge in [0.15, 0.2) is 0 Å². The Labute approximate surface area is 153 Å². The van der Waals surface area contributed by atoms with Crippen LogP contribution in [0.4, 0.5) is 5.69 Å². The van der Waals surface area contributed by atoms with E-state index in [1.165, 1.54) is 35.5 Å². The lowest BCUT2D eigenvalue weighted by molar-refractivity contribution is -0.384. The summed E-state index contributed by atoms with van der Waals surface area (Å²) in [5.41, 5.74) is 0.274. The highest BCUT2D eigenvalue weighted by Gasteiger charge is 2.19. The number of nitro benzene ring substituents is 1. The van der Waals surface area contributed by atoms with Crippen LogP contribution in [0.1, 0.15) is 10.4 Å². The summed E-state index contributed by atoms with van der Waals surface area (Å²) in [6.07, 6.45) is 2.65. The second-order valence-corrected chi connectivity index (χ2v) is 6.39. The molecule has 0 atom stereocenters. The zero-order valence-electron chi connectivity index (χ0n) is 13.6. The first-order valence-corrected chi connectivity index (χ1v) is 8.73. The molecule has 0 aliphatic rings. The fourth-order valence-electron chi connectivity index (χ4n) is 2.29. The van der Waals surface area contributed by atoms with E-state index in [-0.39, 0.29) is 22.8 Å². The minimum absolute atomic E-state index is 0.207. The molecule has 0 unspecified atom stereocenters. The summed E-state index contributed by atoms with van der Waals surface area (Å²) in [7, 11) is 0. The molecule has 0 saturated carbocycles. The molecule has 1 aromatic heterocycles. The summed E-state index contributed by atoms with van der Waals surface area (Å²) in [4.78, 5) is 27.9. The van der Waals surface area contributed by atoms with Gasteiger partial charge in [-0.3, -0.25) is 14.9 Å². The van der Waals surface area contributed by atoms with Gasteiger partial charge in [0.25, 0.3) is 11.6 Å². The highest BCUT2D eigenvalue weighted by molar-refractivity contribution is 7.99. The van der Waals surface area contributed by atoms with Crippen LogP contribution in [-0.2, 0) is 0 Å². The van der Waals surface area contributed by atoms with Gasteiger partial charge in [0.2, 0.25) is 0 Å². The zero-order chi connectivity index (χ0) is 18.4. The minimum Gasteiger partial charge on any atom is -0.351 e. The van der Waals surface area contributed by atoms with Crippen molar-refractivity contribution in [3.8, 4) is 5.69 Å². The molecule has 3 rings (SSSR count). The fourth-order valence-corrected chi connectivity index (χ4v) is 3.08. The van der Waals surface area contributed by atoms with Gasteiger partial charge in [0.05, 0.1) is 4.92 Å². The van der Waals surface area contributed by atoms with Crippen LogP contribution < -0.4 is 5.32 Å². The van der Waals surface area contributed by atoms with E-state index in [1.807, 2.05) is 30.3 Å². The smallest absolute Gasteiger partial charge is 0.295 e. The van der Waals surface area contributed by atoms with Crippen molar-refractivity contribution in [1.82, 2.24) is 20.1 Å². The molecule has 1 amide bonds. The van der Waals surface area contributed by atoms with Crippen LogP contribution in [0.3, 0.4) is 0 Å². The number of aromatic nitrogens is 3. The van der Waals surface area contributed by atoms with Gasteiger partial charge in [-0.05, 0) is 24.3 Å². The van der Waals surface area contributed by atoms with Crippen LogP contribution in [-0.4, -0.2) is 37.9 Å². The summed E-state index contributed by atoms with van der Waals surface area (Å²) >= 11 is 1.62. The van der Waals surface area contributed by atoms with Gasteiger partial charge in [0, 0.05) is 28.8 Å². The number of nitro groups is 1. The maximum atomic E-state index is 12.3. The Morgan fingerprint density at radius 3 is 2.73 bits per heavy atom. The predicted octanol–water partition coefficient (Wildman–Crippen LogP) is 2.70. The monoisotopic (exact) mass is 369 g/mol. The average molecular weight is 369 g/mol. The first-order chi connectivity index (χ1) is 12.6. The Morgan fingerprint density at radius 1 is 1.23 bits per heavy atom. The average Bonchev–Trinajstić information content (AvgIpc) is 3.20. The Balaban J connectivity index is 1.64. The van der Waals surface area contributed by atoms with Gasteiger partial charge in [-0.25, -0.2) is 9.67 Å². The van der Waals surface area contributed by atoms with Crippen LogP contribution in [0.15, 0.2) is 66.1 Å². The van der Waals surface area contributed by atoms with E-state index in [0.717, 1.165) is 4.90 Å². The number of hydrogen-bond donors (Lipinski definition) is 1. The second kappa shape index (κ2) is 8.26. The molecule has 3 aromatic rings. The van der Waals surface area contributed by atoms with E-state index < -0.39 is 4.92 Å². The minimum atomic E-state index is -0.543. The molecule has 0 bridgehead atoms. The maximum absolute atomic E-state index is 12.3. The summed E-state index contributed by atoms with van der Waals surface area (Å²) in [5.74, 6) is 0.349. The Hall–Kier alpha value is -3.20. The van der Waals surface area contributed by atoms with Crippen molar-refractivity contribution < 1.29 is 9.72 Å². The van der Waals surface area contributed by atoms with Gasteiger partial charge >= 0.3 is 0 Å². The maximum Gasteiger partial charge on any atom is 0.295 e. The molecule has 132 valence electrons. The summed E-state index contributed by atoms with van der Waals surface area (Å²) < 4.78 is 1.29. The molecular formula is C17H15N5O3S. The highest BCUT2D eigenvalue weighted by Crippen LogP contribution is 2.23. The number of nitrogens with zero attached hydrogens (tertiary/aromatic N) is 4. The summed E-state index contributed by atoms with van der Waals surface area (Å²) in [5, 5.41) is 18.0. The van der Waals surface area contributed by atoms with Crippen LogP contribution in [0.25, 0.3) is 5.69 Å². The van der Waals surface area contributed by atoms with Crippen molar-refractivity contribution in [2.24, 2.45) is 0 Å². The molecular weight excluding hydrogens is 354 g/mol. The lowest BCUT2D eigenvalue weighted by Gasteiger charge is -2.07. The number of benzene rings is 2. The molecule has 0 radical (unpaired) electrons. The summed E-state index contributed by atoms with van der Waals surface area (Å²) in [6.45, 7) is 0.455. The quantitative estimate of drug-likeness (QED) is 0.297. The number of carbonyl (C=O) groups is 1. The Kier molecular flexibility index (Phi) is 5.59. The second-order valence-electron chi connectivity index (χ2n) is 5.22.